The van der Waals surface area contributed by atoms with E-state index in [1.54, 1.807) is 53.9 Å². The zero-order chi connectivity index (χ0) is 17.9. The molecule has 0 aliphatic carbocycles. The van der Waals surface area contributed by atoms with Gasteiger partial charge < -0.3 is 9.84 Å². The van der Waals surface area contributed by atoms with Gasteiger partial charge in [0.05, 0.1) is 4.90 Å². The molecule has 0 unspecified atom stereocenters. The maximum absolute atomic E-state index is 12.3. The Bertz CT molecular complexity index is 979. The first kappa shape index (κ1) is 17.0. The highest BCUT2D eigenvalue weighted by Crippen LogP contribution is 2.30. The lowest BCUT2D eigenvalue weighted by molar-refractivity contribution is 0.0699. The first-order valence-corrected chi connectivity index (χ1v) is 9.48. The third kappa shape index (κ3) is 3.98. The molecule has 3 rings (SSSR count). The van der Waals surface area contributed by atoms with Crippen LogP contribution in [0, 0.1) is 0 Å². The van der Waals surface area contributed by atoms with Crippen LogP contribution < -0.4 is 9.46 Å². The molecule has 2 N–H and O–H groups in total. The predicted molar refractivity (Wildman–Crippen MR) is 95.0 cm³/mol. The van der Waals surface area contributed by atoms with Crippen LogP contribution in [-0.4, -0.2) is 19.5 Å². The van der Waals surface area contributed by atoms with E-state index in [0.717, 1.165) is 11.3 Å². The first-order valence-electron chi connectivity index (χ1n) is 7.12. The van der Waals surface area contributed by atoms with Gasteiger partial charge in [0, 0.05) is 5.69 Å². The molecule has 128 valence electrons. The Balaban J connectivity index is 1.74. The van der Waals surface area contributed by atoms with Gasteiger partial charge in [0.15, 0.2) is 10.6 Å². The normalized spacial score (nSPS) is 11.0. The molecule has 0 aliphatic heterocycles. The lowest BCUT2D eigenvalue weighted by Gasteiger charge is -2.09. The number of ether oxygens (including phenoxy) is 1. The maximum Gasteiger partial charge on any atom is 0.349 e. The Kier molecular flexibility index (Phi) is 4.73. The van der Waals surface area contributed by atoms with Crippen molar-refractivity contribution in [2.45, 2.75) is 4.90 Å². The molecule has 6 nitrogen and oxygen atoms in total. The molecular formula is C17H13NO5S2. The van der Waals surface area contributed by atoms with Gasteiger partial charge in [0.25, 0.3) is 10.0 Å². The number of carbonyl (C=O) groups is 1. The van der Waals surface area contributed by atoms with Crippen LogP contribution in [0.3, 0.4) is 0 Å². The van der Waals surface area contributed by atoms with Crippen LogP contribution in [0.15, 0.2) is 70.9 Å². The minimum atomic E-state index is -3.66. The van der Waals surface area contributed by atoms with Crippen molar-refractivity contribution in [3.8, 4) is 11.5 Å². The topological polar surface area (TPSA) is 92.7 Å². The molecule has 8 heteroatoms. The summed E-state index contributed by atoms with van der Waals surface area (Å²) in [4.78, 5) is 11.3. The molecule has 0 atom stereocenters. The second kappa shape index (κ2) is 6.96. The van der Waals surface area contributed by atoms with Gasteiger partial charge >= 0.3 is 5.97 Å². The molecule has 1 aromatic heterocycles. The number of carboxylic acids is 1. The van der Waals surface area contributed by atoms with Gasteiger partial charge in [-0.25, -0.2) is 13.2 Å². The van der Waals surface area contributed by atoms with Gasteiger partial charge in [-0.15, -0.1) is 11.3 Å². The summed E-state index contributed by atoms with van der Waals surface area (Å²) in [5.41, 5.74) is 0.375. The summed E-state index contributed by atoms with van der Waals surface area (Å²) in [6.45, 7) is 0. The van der Waals surface area contributed by atoms with Crippen LogP contribution in [-0.2, 0) is 10.0 Å². The molecule has 2 aromatic carbocycles. The van der Waals surface area contributed by atoms with Gasteiger partial charge in [-0.2, -0.15) is 0 Å². The number of anilines is 1. The van der Waals surface area contributed by atoms with E-state index in [1.165, 1.54) is 12.1 Å². The van der Waals surface area contributed by atoms with E-state index in [1.807, 2.05) is 0 Å². The summed E-state index contributed by atoms with van der Waals surface area (Å²) in [7, 11) is -3.66. The second-order valence-corrected chi connectivity index (χ2v) is 7.56. The fraction of sp³-hybridized carbons (Fsp3) is 0. The number of hydrogen-bond acceptors (Lipinski definition) is 5. The Labute approximate surface area is 148 Å². The molecule has 0 aliphatic rings. The van der Waals surface area contributed by atoms with Crippen molar-refractivity contribution in [2.24, 2.45) is 0 Å². The minimum absolute atomic E-state index is 0.105. The van der Waals surface area contributed by atoms with Crippen molar-refractivity contribution in [3.05, 3.63) is 70.9 Å². The number of thiophene rings is 1. The van der Waals surface area contributed by atoms with Crippen LogP contribution in [0.2, 0.25) is 0 Å². The van der Waals surface area contributed by atoms with Gasteiger partial charge in [-0.05, 0) is 47.8 Å². The number of hydrogen-bond donors (Lipinski definition) is 2. The van der Waals surface area contributed by atoms with Crippen molar-refractivity contribution < 1.29 is 23.1 Å². The van der Waals surface area contributed by atoms with Crippen LogP contribution in [0.25, 0.3) is 0 Å². The average Bonchev–Trinajstić information content (AvgIpc) is 3.06. The van der Waals surface area contributed by atoms with E-state index < -0.39 is 16.0 Å². The number of nitrogens with one attached hydrogen (secondary N) is 1. The first-order chi connectivity index (χ1) is 12.0. The summed E-state index contributed by atoms with van der Waals surface area (Å²) in [6, 6.07) is 15.8. The van der Waals surface area contributed by atoms with E-state index in [-0.39, 0.29) is 15.5 Å². The highest BCUT2D eigenvalue weighted by atomic mass is 32.2. The van der Waals surface area contributed by atoms with E-state index in [9.17, 15) is 13.2 Å². The number of benzene rings is 2. The van der Waals surface area contributed by atoms with Crippen molar-refractivity contribution in [1.82, 2.24) is 0 Å². The zero-order valence-corrected chi connectivity index (χ0v) is 14.4. The average molecular weight is 375 g/mol. The summed E-state index contributed by atoms with van der Waals surface area (Å²) in [6.07, 6.45) is 0. The summed E-state index contributed by atoms with van der Waals surface area (Å²) < 4.78 is 32.5. The largest absolute Gasteiger partial charge is 0.477 e. The van der Waals surface area contributed by atoms with Crippen molar-refractivity contribution in [1.29, 1.82) is 0 Å². The maximum atomic E-state index is 12.3. The lowest BCUT2D eigenvalue weighted by Crippen LogP contribution is -2.12. The molecule has 0 radical (unpaired) electrons. The second-order valence-electron chi connectivity index (χ2n) is 4.96. The smallest absolute Gasteiger partial charge is 0.349 e. The van der Waals surface area contributed by atoms with Crippen LogP contribution >= 0.6 is 11.3 Å². The van der Waals surface area contributed by atoms with Gasteiger partial charge in [0.1, 0.15) is 5.75 Å². The summed E-state index contributed by atoms with van der Waals surface area (Å²) in [5.74, 6) is -0.407. The standard InChI is InChI=1S/C17H13NO5S2/c19-17(20)16-15(10-11-24-16)23-13-8-6-12(7-9-13)18-25(21,22)14-4-2-1-3-5-14/h1-11,18H,(H,19,20). The molecule has 0 bridgehead atoms. The molecule has 0 fully saturated rings. The summed E-state index contributed by atoms with van der Waals surface area (Å²) in [5, 5.41) is 10.7. The van der Waals surface area contributed by atoms with E-state index in [0.29, 0.717) is 11.4 Å². The molecule has 0 amide bonds. The van der Waals surface area contributed by atoms with Gasteiger partial charge in [0.2, 0.25) is 0 Å². The third-order valence-electron chi connectivity index (χ3n) is 3.21. The Hall–Kier alpha value is -2.84. The van der Waals surface area contributed by atoms with Crippen LogP contribution in [0.4, 0.5) is 5.69 Å². The number of carboxylic acid groups (broad SMARTS) is 1. The number of sulfonamides is 1. The monoisotopic (exact) mass is 375 g/mol. The Morgan fingerprint density at radius 2 is 1.68 bits per heavy atom. The lowest BCUT2D eigenvalue weighted by atomic mass is 10.3. The predicted octanol–water partition coefficient (Wildman–Crippen LogP) is 4.04. The van der Waals surface area contributed by atoms with E-state index in [4.69, 9.17) is 9.84 Å². The number of aromatic carboxylic acids is 1. The Morgan fingerprint density at radius 1 is 1.00 bits per heavy atom. The quantitative estimate of drug-likeness (QED) is 0.678. The molecule has 0 saturated carbocycles. The van der Waals surface area contributed by atoms with Gasteiger partial charge in [-0.1, -0.05) is 18.2 Å². The molecular weight excluding hydrogens is 362 g/mol. The molecule has 0 saturated heterocycles. The van der Waals surface area contributed by atoms with Crippen molar-refractivity contribution in [3.63, 3.8) is 0 Å². The Morgan fingerprint density at radius 3 is 2.32 bits per heavy atom. The van der Waals surface area contributed by atoms with E-state index >= 15 is 0 Å². The highest BCUT2D eigenvalue weighted by molar-refractivity contribution is 7.92. The molecule has 0 spiro atoms. The van der Waals surface area contributed by atoms with E-state index in [2.05, 4.69) is 4.72 Å². The third-order valence-corrected chi connectivity index (χ3v) is 5.49. The van der Waals surface area contributed by atoms with Crippen molar-refractivity contribution in [2.75, 3.05) is 4.72 Å². The van der Waals surface area contributed by atoms with Gasteiger partial charge in [-0.3, -0.25) is 4.72 Å². The number of rotatable bonds is 6. The molecule has 3 aromatic rings. The SMILES string of the molecule is O=C(O)c1sccc1Oc1ccc(NS(=O)(=O)c2ccccc2)cc1. The summed E-state index contributed by atoms with van der Waals surface area (Å²) >= 11 is 1.07. The highest BCUT2D eigenvalue weighted by Gasteiger charge is 2.15. The fourth-order valence-corrected chi connectivity index (χ4v) is 3.80. The van der Waals surface area contributed by atoms with Crippen molar-refractivity contribution >= 4 is 33.0 Å². The van der Waals surface area contributed by atoms with Crippen LogP contribution in [0.1, 0.15) is 9.67 Å². The fourth-order valence-electron chi connectivity index (χ4n) is 2.07. The van der Waals surface area contributed by atoms with Crippen LogP contribution in [0.5, 0.6) is 11.5 Å². The molecule has 1 heterocycles. The minimum Gasteiger partial charge on any atom is -0.477 e. The molecule has 25 heavy (non-hydrogen) atoms. The zero-order valence-electron chi connectivity index (χ0n) is 12.7.